The number of imidazole rings is 1. The molecule has 148 valence electrons. The van der Waals surface area contributed by atoms with Crippen molar-refractivity contribution in [1.82, 2.24) is 29.5 Å². The first kappa shape index (κ1) is 20.8. The Hall–Kier alpha value is -2.46. The van der Waals surface area contributed by atoms with E-state index >= 15 is 0 Å². The molecule has 11 heteroatoms. The van der Waals surface area contributed by atoms with Gasteiger partial charge in [0, 0.05) is 45.5 Å². The van der Waals surface area contributed by atoms with Gasteiger partial charge in [0.2, 0.25) is 5.91 Å². The summed E-state index contributed by atoms with van der Waals surface area (Å²) >= 11 is 0. The Morgan fingerprint density at radius 3 is 2.78 bits per heavy atom. The third kappa shape index (κ3) is 4.11. The van der Waals surface area contributed by atoms with Crippen LogP contribution in [0.4, 0.5) is 5.69 Å². The minimum Gasteiger partial charge on any atom is -0.336 e. The Kier molecular flexibility index (Phi) is 6.55. The number of rotatable bonds is 5. The lowest BCUT2D eigenvalue weighted by Gasteiger charge is -2.35. The van der Waals surface area contributed by atoms with E-state index in [2.05, 4.69) is 15.4 Å². The zero-order valence-corrected chi connectivity index (χ0v) is 16.4. The van der Waals surface area contributed by atoms with Crippen LogP contribution in [0.2, 0.25) is 0 Å². The summed E-state index contributed by atoms with van der Waals surface area (Å²) in [5, 5.41) is 18.6. The molecule has 0 aliphatic carbocycles. The monoisotopic (exact) mass is 397 g/mol. The maximum Gasteiger partial charge on any atom is 0.312 e. The van der Waals surface area contributed by atoms with Crippen molar-refractivity contribution in [1.29, 1.82) is 0 Å². The van der Waals surface area contributed by atoms with Gasteiger partial charge in [-0.05, 0) is 13.8 Å². The van der Waals surface area contributed by atoms with E-state index in [9.17, 15) is 14.9 Å². The van der Waals surface area contributed by atoms with E-state index in [-0.39, 0.29) is 36.5 Å². The summed E-state index contributed by atoms with van der Waals surface area (Å²) in [6.45, 7) is 5.57. The van der Waals surface area contributed by atoms with Crippen LogP contribution in [0.3, 0.4) is 0 Å². The van der Waals surface area contributed by atoms with E-state index in [1.807, 2.05) is 22.7 Å². The molecule has 0 saturated carbocycles. The molecule has 1 aliphatic heterocycles. The highest BCUT2D eigenvalue weighted by molar-refractivity contribution is 5.85. The first-order chi connectivity index (χ1) is 12.4. The maximum absolute atomic E-state index is 12.8. The second-order valence-corrected chi connectivity index (χ2v) is 6.45. The third-order valence-corrected chi connectivity index (χ3v) is 4.78. The Morgan fingerprint density at radius 1 is 1.44 bits per heavy atom. The molecule has 1 saturated heterocycles. The number of hydrogen-bond acceptors (Lipinski definition) is 6. The van der Waals surface area contributed by atoms with E-state index < -0.39 is 4.92 Å². The Labute approximate surface area is 163 Å². The minimum absolute atomic E-state index is 0. The van der Waals surface area contributed by atoms with Gasteiger partial charge in [-0.15, -0.1) is 12.4 Å². The maximum atomic E-state index is 12.8. The van der Waals surface area contributed by atoms with Crippen LogP contribution in [0.15, 0.2) is 12.4 Å². The van der Waals surface area contributed by atoms with Gasteiger partial charge < -0.3 is 14.8 Å². The SMILES string of the molecule is Cc1nn(CCC(=O)N2CCNCC2c2nccn2C)c(C)c1[N+](=O)[O-].Cl. The van der Waals surface area contributed by atoms with E-state index in [0.29, 0.717) is 31.0 Å². The van der Waals surface area contributed by atoms with Crippen LogP contribution in [0.1, 0.15) is 29.7 Å². The number of aryl methyl sites for hydroxylation is 3. The third-order valence-electron chi connectivity index (χ3n) is 4.78. The summed E-state index contributed by atoms with van der Waals surface area (Å²) in [5.41, 5.74) is 0.861. The van der Waals surface area contributed by atoms with Crippen molar-refractivity contribution in [3.8, 4) is 0 Å². The Balaban J connectivity index is 0.00000261. The highest BCUT2D eigenvalue weighted by atomic mass is 35.5. The highest BCUT2D eigenvalue weighted by Gasteiger charge is 2.30. The average molecular weight is 398 g/mol. The van der Waals surface area contributed by atoms with Gasteiger partial charge in [0.25, 0.3) is 0 Å². The predicted molar refractivity (Wildman–Crippen MR) is 101 cm³/mol. The standard InChI is InChI=1S/C16H23N7O3.ClH/c1-11-15(23(25)26)12(2)22(19-11)7-4-14(24)21-9-5-17-10-13(21)16-18-6-8-20(16)3;/h6,8,13,17H,4-5,7,9-10H2,1-3H3;1H. The zero-order valence-electron chi connectivity index (χ0n) is 15.6. The largest absolute Gasteiger partial charge is 0.336 e. The molecule has 3 heterocycles. The number of carbonyl (C=O) groups excluding carboxylic acids is 1. The van der Waals surface area contributed by atoms with Crippen LogP contribution in [0.25, 0.3) is 0 Å². The topological polar surface area (TPSA) is 111 Å². The normalized spacial score (nSPS) is 16.9. The first-order valence-electron chi connectivity index (χ1n) is 8.56. The molecule has 27 heavy (non-hydrogen) atoms. The molecular weight excluding hydrogens is 374 g/mol. The summed E-state index contributed by atoms with van der Waals surface area (Å²) in [7, 11) is 1.91. The number of hydrogen-bond donors (Lipinski definition) is 1. The van der Waals surface area contributed by atoms with Gasteiger partial charge in [-0.3, -0.25) is 19.6 Å². The number of nitro groups is 1. The molecule has 0 spiro atoms. The van der Waals surface area contributed by atoms with Gasteiger partial charge in [0.05, 0.1) is 11.5 Å². The van der Waals surface area contributed by atoms with Crippen LogP contribution in [0.5, 0.6) is 0 Å². The molecular formula is C16H24ClN7O3. The van der Waals surface area contributed by atoms with E-state index in [1.54, 1.807) is 24.7 Å². The fourth-order valence-electron chi connectivity index (χ4n) is 3.45. The van der Waals surface area contributed by atoms with Gasteiger partial charge in [-0.25, -0.2) is 4.98 Å². The molecule has 1 fully saturated rings. The summed E-state index contributed by atoms with van der Waals surface area (Å²) in [4.78, 5) is 29.7. The molecule has 0 radical (unpaired) electrons. The molecule has 3 rings (SSSR count). The summed E-state index contributed by atoms with van der Waals surface area (Å²) in [6.07, 6.45) is 3.82. The zero-order chi connectivity index (χ0) is 18.8. The van der Waals surface area contributed by atoms with Crippen LogP contribution >= 0.6 is 12.4 Å². The molecule has 1 atom stereocenters. The van der Waals surface area contributed by atoms with E-state index in [1.165, 1.54) is 0 Å². The fraction of sp³-hybridized carbons (Fsp3) is 0.562. The summed E-state index contributed by atoms with van der Waals surface area (Å²) in [5.74, 6) is 0.835. The van der Waals surface area contributed by atoms with Crippen molar-refractivity contribution in [2.75, 3.05) is 19.6 Å². The van der Waals surface area contributed by atoms with E-state index in [4.69, 9.17) is 0 Å². The highest BCUT2D eigenvalue weighted by Crippen LogP contribution is 2.24. The number of halogens is 1. The average Bonchev–Trinajstić information content (AvgIpc) is 3.15. The van der Waals surface area contributed by atoms with Crippen LogP contribution in [-0.4, -0.2) is 54.7 Å². The lowest BCUT2D eigenvalue weighted by atomic mass is 10.1. The number of amides is 1. The second-order valence-electron chi connectivity index (χ2n) is 6.45. The number of nitrogens with one attached hydrogen (secondary N) is 1. The molecule has 1 aliphatic rings. The summed E-state index contributed by atoms with van der Waals surface area (Å²) < 4.78 is 3.46. The Bertz CT molecular complexity index is 832. The van der Waals surface area contributed by atoms with Crippen molar-refractivity contribution < 1.29 is 9.72 Å². The van der Waals surface area contributed by atoms with Crippen molar-refractivity contribution >= 4 is 24.0 Å². The van der Waals surface area contributed by atoms with Crippen molar-refractivity contribution in [2.45, 2.75) is 32.9 Å². The summed E-state index contributed by atoms with van der Waals surface area (Å²) in [6, 6.07) is -0.119. The van der Waals surface area contributed by atoms with Gasteiger partial charge >= 0.3 is 5.69 Å². The number of piperazine rings is 1. The first-order valence-corrected chi connectivity index (χ1v) is 8.56. The van der Waals surface area contributed by atoms with Crippen molar-refractivity contribution in [3.63, 3.8) is 0 Å². The number of nitrogens with zero attached hydrogens (tertiary/aromatic N) is 6. The molecule has 0 bridgehead atoms. The molecule has 1 amide bonds. The lowest BCUT2D eigenvalue weighted by molar-refractivity contribution is -0.386. The smallest absolute Gasteiger partial charge is 0.312 e. The van der Waals surface area contributed by atoms with Crippen molar-refractivity contribution in [2.24, 2.45) is 7.05 Å². The van der Waals surface area contributed by atoms with Gasteiger partial charge in [-0.2, -0.15) is 5.10 Å². The lowest BCUT2D eigenvalue weighted by Crippen LogP contribution is -2.49. The molecule has 2 aromatic rings. The predicted octanol–water partition coefficient (Wildman–Crippen LogP) is 1.13. The van der Waals surface area contributed by atoms with E-state index in [0.717, 1.165) is 12.4 Å². The molecule has 10 nitrogen and oxygen atoms in total. The number of aromatic nitrogens is 4. The van der Waals surface area contributed by atoms with Gasteiger partial charge in [0.1, 0.15) is 23.3 Å². The van der Waals surface area contributed by atoms with Crippen LogP contribution in [0, 0.1) is 24.0 Å². The molecule has 0 aromatic carbocycles. The van der Waals surface area contributed by atoms with Crippen LogP contribution in [-0.2, 0) is 18.4 Å². The van der Waals surface area contributed by atoms with Crippen LogP contribution < -0.4 is 5.32 Å². The fourth-order valence-corrected chi connectivity index (χ4v) is 3.45. The Morgan fingerprint density at radius 2 is 2.19 bits per heavy atom. The second kappa shape index (κ2) is 8.49. The van der Waals surface area contributed by atoms with Gasteiger partial charge in [0.15, 0.2) is 0 Å². The quantitative estimate of drug-likeness (QED) is 0.598. The molecule has 2 aromatic heterocycles. The van der Waals surface area contributed by atoms with Crippen molar-refractivity contribution in [3.05, 3.63) is 39.7 Å². The molecule has 1 N–H and O–H groups in total. The minimum atomic E-state index is -0.427. The van der Waals surface area contributed by atoms with Gasteiger partial charge in [-0.1, -0.05) is 0 Å². The molecule has 1 unspecified atom stereocenters. The number of carbonyl (C=O) groups is 1.